The van der Waals surface area contributed by atoms with Crippen molar-refractivity contribution in [1.82, 2.24) is 36.3 Å². The lowest BCUT2D eigenvalue weighted by Crippen LogP contribution is -2.76. The molecule has 12 aromatic rings. The number of piperidine rings is 1. The van der Waals surface area contributed by atoms with Crippen LogP contribution in [0.2, 0.25) is 20.1 Å². The Bertz CT molecular complexity index is 7030. The van der Waals surface area contributed by atoms with Crippen LogP contribution in [-0.2, 0) is 40.1 Å². The van der Waals surface area contributed by atoms with Gasteiger partial charge in [-0.1, -0.05) is 74.1 Å². The number of ether oxygens (including phenoxy) is 8. The van der Waals surface area contributed by atoms with Crippen LogP contribution in [0.3, 0.4) is 0 Å². The highest BCUT2D eigenvalue weighted by Crippen LogP contribution is 2.67. The number of hydrogen-bond acceptors (Lipinski definition) is 20. The van der Waals surface area contributed by atoms with Crippen LogP contribution >= 0.6 is 46.4 Å². The number of aromatic nitrogens is 4. The van der Waals surface area contributed by atoms with Gasteiger partial charge in [-0.15, -0.1) is 0 Å². The van der Waals surface area contributed by atoms with Gasteiger partial charge in [0.15, 0.2) is 23.0 Å². The average molecular weight is 1990 g/mol. The molecule has 2 saturated heterocycles. The highest BCUT2D eigenvalue weighted by Gasteiger charge is 2.69. The van der Waals surface area contributed by atoms with Crippen molar-refractivity contribution in [3.05, 3.63) is 213 Å². The number of halogens is 4. The number of nitrogens with one attached hydrogen (secondary N) is 2. The molecule has 2 bridgehead atoms. The first kappa shape index (κ1) is 100. The summed E-state index contributed by atoms with van der Waals surface area (Å²) in [4.78, 5) is 0. The first-order valence-electron chi connectivity index (χ1n) is 44.8. The van der Waals surface area contributed by atoms with Crippen LogP contribution < -0.4 is 47.3 Å². The maximum Gasteiger partial charge on any atom is 0.211 e. The lowest BCUT2D eigenvalue weighted by Gasteiger charge is -2.69. The molecule has 4 aliphatic carbocycles. The van der Waals surface area contributed by atoms with Crippen molar-refractivity contribution < 1.29 is 71.6 Å². The van der Waals surface area contributed by atoms with E-state index in [9.17, 15) is 54.7 Å². The van der Waals surface area contributed by atoms with Crippen LogP contribution in [0.5, 0.6) is 46.0 Å². The molecule has 4 aromatic heterocycles. The van der Waals surface area contributed by atoms with Gasteiger partial charge in [-0.3, -0.25) is 0 Å². The Labute approximate surface area is 808 Å². The fourth-order valence-corrected chi connectivity index (χ4v) is 22.8. The zero-order valence-electron chi connectivity index (χ0n) is 76.3. The minimum Gasteiger partial charge on any atom is -0.493 e. The van der Waals surface area contributed by atoms with Crippen molar-refractivity contribution >= 4 is 130 Å². The molecule has 6 heterocycles. The standard InChI is InChI=1S/C26H30ClN3O4S.C25H26ClN3O4S.C25H28ClN3O4S.C23H24ClN3O4S/c1-3-12-33-26-20(16-28)13-22(15-24(26)27)30-11-10-19-14-23(8-9-25(19)30)34-17-18-4-6-21(7-5-18)29-35(2,31)32;1-3-8-32-23-18(12-27)9-19(11-21(23)26)29-7-6-17-10-20(4-5-22(17)29)33-16-24-13-25(14-24,15-24)28-34(2,30)31;1-3-11-32-25-20(15-27)12-21(14-23(25)26)29-10-8-19-13-22(6-7-24(19)29)33-17-18-5-4-9-28(16-18)34(2,30)31;1-3-8-30-23-18(12-25)9-19(11-21(23)24)27-7-6-17-10-20(4-5-22(17)27)31-15-16-13-26(14-16)32(2,28)29/h8-11,13-15,18,21,29H,3-7,12,17H2,1-2H3;4-7,9-11,28H,3,8,13-16H2,1-2H3;6-8,10,12-14,18H,3-5,9,11,16-17H2,1-2H3;4-7,9-11,16H,3,8,13-15H2,1-2H3. The molecule has 28 nitrogen and oxygen atoms in total. The molecule has 2 aliphatic heterocycles. The maximum atomic E-state index is 11.8. The van der Waals surface area contributed by atoms with Gasteiger partial charge >= 0.3 is 0 Å². The second-order valence-electron chi connectivity index (χ2n) is 35.3. The van der Waals surface area contributed by atoms with Gasteiger partial charge in [-0.25, -0.2) is 51.7 Å². The Morgan fingerprint density at radius 1 is 0.378 bits per heavy atom. The Hall–Kier alpha value is -10.9. The molecule has 1 unspecified atom stereocenters. The van der Waals surface area contributed by atoms with Gasteiger partial charge in [0.1, 0.15) is 47.3 Å². The average Bonchev–Trinajstić information content (AvgIpc) is 1.23. The largest absolute Gasteiger partial charge is 0.493 e. The highest BCUT2D eigenvalue weighted by atomic mass is 35.5. The van der Waals surface area contributed by atoms with Crippen LogP contribution in [0.1, 0.15) is 133 Å². The first-order chi connectivity index (χ1) is 64.5. The van der Waals surface area contributed by atoms with Crippen molar-refractivity contribution in [3.63, 3.8) is 0 Å². The van der Waals surface area contributed by atoms with Gasteiger partial charge in [0.2, 0.25) is 40.1 Å². The van der Waals surface area contributed by atoms with E-state index in [-0.39, 0.29) is 28.8 Å². The quantitative estimate of drug-likeness (QED) is 0.0378. The molecule has 8 aromatic carbocycles. The van der Waals surface area contributed by atoms with Crippen LogP contribution in [-0.4, -0.2) is 176 Å². The molecule has 0 spiro atoms. The van der Waals surface area contributed by atoms with Crippen LogP contribution in [0.4, 0.5) is 0 Å². The van der Waals surface area contributed by atoms with Crippen LogP contribution in [0.15, 0.2) is 170 Å². The van der Waals surface area contributed by atoms with Crippen molar-refractivity contribution in [1.29, 1.82) is 21.0 Å². The highest BCUT2D eigenvalue weighted by molar-refractivity contribution is 7.89. The van der Waals surface area contributed by atoms with E-state index in [2.05, 4.69) is 33.7 Å². The minimum atomic E-state index is -3.18. The summed E-state index contributed by atoms with van der Waals surface area (Å²) in [6.45, 7) is 14.2. The Morgan fingerprint density at radius 2 is 0.696 bits per heavy atom. The SMILES string of the molecule is CCCOc1c(Cl)cc(-n2ccc3cc(OCC45CC(NS(C)(=O)=O)(C4)C5)ccc32)cc1C#N.CCCOc1c(Cl)cc(-n2ccc3cc(OCC4CCC(NS(C)(=O)=O)CC4)ccc32)cc1C#N.CCCOc1c(Cl)cc(-n2ccc3cc(OCC4CCCN(S(C)(=O)=O)C4)ccc32)cc1C#N.CCCOc1c(Cl)cc(-n2ccc3cc(OCC4CN(S(C)(=O)=O)C4)ccc32)cc1C#N. The van der Waals surface area contributed by atoms with Gasteiger partial charge in [0.25, 0.3) is 0 Å². The summed E-state index contributed by atoms with van der Waals surface area (Å²) < 4.78 is 156. The number of nitrogens with zero attached hydrogens (tertiary/aromatic N) is 10. The van der Waals surface area contributed by atoms with Crippen molar-refractivity contribution in [3.8, 4) is 93.0 Å². The smallest absolute Gasteiger partial charge is 0.211 e. The predicted octanol–water partition coefficient (Wildman–Crippen LogP) is 19.4. The molecule has 1 atom stereocenters. The second-order valence-corrected chi connectivity index (χ2v) is 44.4. The number of benzene rings is 8. The molecule has 0 amide bonds. The van der Waals surface area contributed by atoms with Crippen molar-refractivity contribution in [2.45, 2.75) is 123 Å². The lowest BCUT2D eigenvalue weighted by molar-refractivity contribution is -0.162. The summed E-state index contributed by atoms with van der Waals surface area (Å²) in [7, 11) is -12.6. The maximum absolute atomic E-state index is 11.8. The van der Waals surface area contributed by atoms with Gasteiger partial charge < -0.3 is 56.2 Å². The molecule has 135 heavy (non-hydrogen) atoms. The molecule has 2 N–H and O–H groups in total. The summed E-state index contributed by atoms with van der Waals surface area (Å²) in [6, 6.07) is 54.5. The molecule has 712 valence electrons. The second kappa shape index (κ2) is 43.2. The Balaban J connectivity index is 0.000000144. The molecule has 18 rings (SSSR count). The fourth-order valence-electron chi connectivity index (χ4n) is 18.0. The normalized spacial score (nSPS) is 18.4. The minimum absolute atomic E-state index is 0.0275. The monoisotopic (exact) mass is 1990 g/mol. The predicted molar refractivity (Wildman–Crippen MR) is 527 cm³/mol. The molecule has 0 radical (unpaired) electrons. The number of nitriles is 4. The van der Waals surface area contributed by atoms with Crippen LogP contribution in [0.25, 0.3) is 66.4 Å². The topological polar surface area (TPSA) is 356 Å². The first-order valence-corrected chi connectivity index (χ1v) is 53.8. The summed E-state index contributed by atoms with van der Waals surface area (Å²) in [5.41, 5.74) is 8.40. The number of fused-ring (bicyclic) bond motifs is 4. The summed E-state index contributed by atoms with van der Waals surface area (Å²) in [5.74, 6) is 5.49. The fraction of sp³-hybridized carbons (Fsp3) is 0.394. The van der Waals surface area contributed by atoms with E-state index in [1.165, 1.54) is 33.6 Å². The number of rotatable bonds is 34. The summed E-state index contributed by atoms with van der Waals surface area (Å²) in [6.07, 6.45) is 23.8. The van der Waals surface area contributed by atoms with Gasteiger partial charge in [-0.2, -0.15) is 21.0 Å². The molecular formula is C99H108Cl4N12O16S4. The molecule has 6 fully saturated rings. The van der Waals surface area contributed by atoms with Crippen LogP contribution in [0, 0.1) is 68.5 Å². The Morgan fingerprint density at radius 3 is 1.01 bits per heavy atom. The van der Waals surface area contributed by atoms with E-state index in [1.54, 1.807) is 42.5 Å². The van der Waals surface area contributed by atoms with E-state index in [0.717, 1.165) is 173 Å². The zero-order valence-corrected chi connectivity index (χ0v) is 82.6. The third-order valence-corrected chi connectivity index (χ3v) is 29.5. The van der Waals surface area contributed by atoms with Gasteiger partial charge in [0, 0.05) is 124 Å². The van der Waals surface area contributed by atoms with E-state index in [1.807, 2.05) is 174 Å². The van der Waals surface area contributed by atoms with Gasteiger partial charge in [0.05, 0.1) is 142 Å². The molecular weight excluding hydrogens is 1880 g/mol. The number of hydrogen-bond donors (Lipinski definition) is 2. The van der Waals surface area contributed by atoms with E-state index in [4.69, 9.17) is 84.3 Å². The Kier molecular flexibility index (Phi) is 32.0. The van der Waals surface area contributed by atoms with Crippen molar-refractivity contribution in [2.75, 3.05) is 104 Å². The molecule has 36 heteroatoms. The van der Waals surface area contributed by atoms with E-state index >= 15 is 0 Å². The lowest BCUT2D eigenvalue weighted by atomic mass is 9.40. The van der Waals surface area contributed by atoms with Crippen molar-refractivity contribution in [2.24, 2.45) is 23.2 Å². The molecule has 4 saturated carbocycles. The third-order valence-electron chi connectivity index (χ3n) is 24.3. The number of sulfonamides is 4. The zero-order chi connectivity index (χ0) is 96.3. The summed E-state index contributed by atoms with van der Waals surface area (Å²) in [5, 5.41) is 43.9. The summed E-state index contributed by atoms with van der Waals surface area (Å²) >= 11 is 25.8. The van der Waals surface area contributed by atoms with Gasteiger partial charge in [-0.05, 0) is 235 Å². The van der Waals surface area contributed by atoms with E-state index in [0.29, 0.717) is 150 Å². The third kappa shape index (κ3) is 24.6. The van der Waals surface area contributed by atoms with E-state index < -0.39 is 40.1 Å². The molecule has 6 aliphatic rings.